The van der Waals surface area contributed by atoms with E-state index in [0.717, 1.165) is 25.2 Å². The quantitative estimate of drug-likeness (QED) is 0.122. The lowest BCUT2D eigenvalue weighted by atomic mass is 9.77. The van der Waals surface area contributed by atoms with Crippen molar-refractivity contribution in [1.29, 1.82) is 0 Å². The molecular formula is C36H46O2. The fraction of sp³-hybridized carbons (Fsp3) is 0.472. The number of unbranched alkanes of at least 4 members (excludes halogenated alkanes) is 5. The van der Waals surface area contributed by atoms with Gasteiger partial charge in [-0.3, -0.25) is 4.79 Å². The van der Waals surface area contributed by atoms with Crippen LogP contribution in [0, 0.1) is 5.92 Å². The van der Waals surface area contributed by atoms with Gasteiger partial charge in [-0.25, -0.2) is 0 Å². The molecule has 0 saturated heterocycles. The Morgan fingerprint density at radius 3 is 2.11 bits per heavy atom. The van der Waals surface area contributed by atoms with Gasteiger partial charge in [0.2, 0.25) is 0 Å². The number of hydrogen-bond acceptors (Lipinski definition) is 2. The predicted octanol–water partition coefficient (Wildman–Crippen LogP) is 10.3. The van der Waals surface area contributed by atoms with Crippen molar-refractivity contribution >= 4 is 5.97 Å². The molecule has 3 aromatic rings. The van der Waals surface area contributed by atoms with E-state index < -0.39 is 0 Å². The summed E-state index contributed by atoms with van der Waals surface area (Å²) in [7, 11) is 0. The van der Waals surface area contributed by atoms with Crippen LogP contribution in [-0.2, 0) is 11.2 Å². The van der Waals surface area contributed by atoms with Crippen LogP contribution in [0.25, 0.3) is 11.1 Å². The van der Waals surface area contributed by atoms with Crippen LogP contribution < -0.4 is 4.74 Å². The third-order valence-electron chi connectivity index (χ3n) is 8.30. The van der Waals surface area contributed by atoms with E-state index >= 15 is 0 Å². The highest BCUT2D eigenvalue weighted by atomic mass is 16.5. The lowest BCUT2D eigenvalue weighted by Gasteiger charge is -2.29. The molecule has 3 aromatic carbocycles. The van der Waals surface area contributed by atoms with Gasteiger partial charge in [0.1, 0.15) is 5.75 Å². The summed E-state index contributed by atoms with van der Waals surface area (Å²) in [4.78, 5) is 12.4. The lowest BCUT2D eigenvalue weighted by molar-refractivity contribution is -0.134. The molecule has 0 radical (unpaired) electrons. The fourth-order valence-corrected chi connectivity index (χ4v) is 5.90. The standard InChI is InChI=1S/C36H46O2/c1-2-3-4-5-7-12-29-19-23-33(24-20-29)34-25-27-35(28-26-34)38-36(37)16-11-10-13-30-17-21-32(22-18-30)31-14-8-6-9-15-31/h6,8-9,14-15,17-18,21-22,25-29,33H,2-5,7,10-13,16,19-20,23-24H2,1H3/t29-,33-. The molecule has 0 aliphatic heterocycles. The molecule has 0 bridgehead atoms. The first-order valence-corrected chi connectivity index (χ1v) is 15.2. The fourth-order valence-electron chi connectivity index (χ4n) is 5.90. The molecule has 1 saturated carbocycles. The molecule has 0 unspecified atom stereocenters. The van der Waals surface area contributed by atoms with E-state index in [1.807, 2.05) is 18.2 Å². The van der Waals surface area contributed by atoms with Gasteiger partial charge in [0.05, 0.1) is 0 Å². The Balaban J connectivity index is 1.11. The maximum absolute atomic E-state index is 12.4. The number of carbonyl (C=O) groups excluding carboxylic acids is 1. The summed E-state index contributed by atoms with van der Waals surface area (Å²) in [6.45, 7) is 2.28. The van der Waals surface area contributed by atoms with Gasteiger partial charge in [0.15, 0.2) is 0 Å². The molecular weight excluding hydrogens is 464 g/mol. The summed E-state index contributed by atoms with van der Waals surface area (Å²) >= 11 is 0. The van der Waals surface area contributed by atoms with Gasteiger partial charge in [-0.15, -0.1) is 0 Å². The molecule has 2 heteroatoms. The molecule has 0 amide bonds. The topological polar surface area (TPSA) is 26.3 Å². The smallest absolute Gasteiger partial charge is 0.311 e. The second-order valence-electron chi connectivity index (χ2n) is 11.2. The minimum atomic E-state index is -0.128. The zero-order valence-electron chi connectivity index (χ0n) is 23.4. The molecule has 0 N–H and O–H groups in total. The van der Waals surface area contributed by atoms with Crippen molar-refractivity contribution in [2.24, 2.45) is 5.92 Å². The van der Waals surface area contributed by atoms with Gasteiger partial charge in [0.25, 0.3) is 0 Å². The molecule has 1 aliphatic rings. The van der Waals surface area contributed by atoms with E-state index in [9.17, 15) is 4.79 Å². The predicted molar refractivity (Wildman–Crippen MR) is 160 cm³/mol. The van der Waals surface area contributed by atoms with Gasteiger partial charge >= 0.3 is 5.97 Å². The number of rotatable bonds is 14. The van der Waals surface area contributed by atoms with E-state index in [-0.39, 0.29) is 5.97 Å². The van der Waals surface area contributed by atoms with Crippen molar-refractivity contribution in [1.82, 2.24) is 0 Å². The van der Waals surface area contributed by atoms with E-state index in [4.69, 9.17) is 4.74 Å². The molecule has 38 heavy (non-hydrogen) atoms. The third kappa shape index (κ3) is 9.15. The summed E-state index contributed by atoms with van der Waals surface area (Å²) in [5.74, 6) is 2.15. The molecule has 202 valence electrons. The lowest BCUT2D eigenvalue weighted by Crippen LogP contribution is -2.13. The SMILES string of the molecule is CCCCCCC[C@H]1CC[C@H](c2ccc(OC(=O)CCCCc3ccc(-c4ccccc4)cc3)cc2)CC1. The Kier molecular flexibility index (Phi) is 11.5. The van der Waals surface area contributed by atoms with E-state index in [2.05, 4.69) is 67.6 Å². The highest BCUT2D eigenvalue weighted by molar-refractivity contribution is 5.72. The molecule has 0 spiro atoms. The van der Waals surface area contributed by atoms with Crippen LogP contribution in [0.2, 0.25) is 0 Å². The van der Waals surface area contributed by atoms with Crippen LogP contribution in [-0.4, -0.2) is 5.97 Å². The van der Waals surface area contributed by atoms with Gasteiger partial charge in [0, 0.05) is 6.42 Å². The molecule has 0 heterocycles. The van der Waals surface area contributed by atoms with Crippen molar-refractivity contribution in [2.45, 2.75) is 103 Å². The molecule has 0 atom stereocenters. The minimum Gasteiger partial charge on any atom is -0.427 e. The summed E-state index contributed by atoms with van der Waals surface area (Å²) in [5, 5.41) is 0. The van der Waals surface area contributed by atoms with Gasteiger partial charge in [-0.05, 0) is 91.2 Å². The summed E-state index contributed by atoms with van der Waals surface area (Å²) in [5.41, 5.74) is 5.20. The van der Waals surface area contributed by atoms with Crippen LogP contribution in [0.15, 0.2) is 78.9 Å². The average molecular weight is 511 g/mol. The van der Waals surface area contributed by atoms with Crippen molar-refractivity contribution in [3.05, 3.63) is 90.0 Å². The molecule has 2 nitrogen and oxygen atoms in total. The highest BCUT2D eigenvalue weighted by Crippen LogP contribution is 2.38. The zero-order chi connectivity index (χ0) is 26.4. The van der Waals surface area contributed by atoms with Crippen molar-refractivity contribution in [3.8, 4) is 16.9 Å². The Labute approximate surface area is 230 Å². The number of hydrogen-bond donors (Lipinski definition) is 0. The molecule has 1 aliphatic carbocycles. The van der Waals surface area contributed by atoms with Gasteiger partial charge < -0.3 is 4.74 Å². The minimum absolute atomic E-state index is 0.128. The van der Waals surface area contributed by atoms with Crippen molar-refractivity contribution < 1.29 is 9.53 Å². The number of aryl methyl sites for hydroxylation is 1. The van der Waals surface area contributed by atoms with Crippen LogP contribution in [0.3, 0.4) is 0 Å². The second-order valence-corrected chi connectivity index (χ2v) is 11.2. The maximum Gasteiger partial charge on any atom is 0.311 e. The molecule has 4 rings (SSSR count). The van der Waals surface area contributed by atoms with E-state index in [1.165, 1.54) is 86.5 Å². The number of ether oxygens (including phenoxy) is 1. The number of carbonyl (C=O) groups is 1. The van der Waals surface area contributed by atoms with E-state index in [0.29, 0.717) is 18.1 Å². The van der Waals surface area contributed by atoms with Crippen LogP contribution in [0.5, 0.6) is 5.75 Å². The monoisotopic (exact) mass is 510 g/mol. The van der Waals surface area contributed by atoms with Crippen LogP contribution in [0.1, 0.15) is 107 Å². The zero-order valence-corrected chi connectivity index (χ0v) is 23.4. The highest BCUT2D eigenvalue weighted by Gasteiger charge is 2.22. The first-order chi connectivity index (χ1) is 18.7. The Morgan fingerprint density at radius 1 is 0.711 bits per heavy atom. The number of benzene rings is 3. The normalized spacial score (nSPS) is 17.3. The van der Waals surface area contributed by atoms with Gasteiger partial charge in [-0.1, -0.05) is 112 Å². The Bertz CT molecular complexity index is 1060. The first kappa shape index (κ1) is 28.1. The second kappa shape index (κ2) is 15.5. The Morgan fingerprint density at radius 2 is 1.39 bits per heavy atom. The number of esters is 1. The summed E-state index contributed by atoms with van der Waals surface area (Å²) in [6.07, 6.45) is 17.0. The Hall–Kier alpha value is -2.87. The maximum atomic E-state index is 12.4. The first-order valence-electron chi connectivity index (χ1n) is 15.2. The summed E-state index contributed by atoms with van der Waals surface area (Å²) < 4.78 is 5.62. The van der Waals surface area contributed by atoms with Crippen molar-refractivity contribution in [3.63, 3.8) is 0 Å². The van der Waals surface area contributed by atoms with Crippen molar-refractivity contribution in [2.75, 3.05) is 0 Å². The average Bonchev–Trinajstić information content (AvgIpc) is 2.97. The van der Waals surface area contributed by atoms with E-state index in [1.54, 1.807) is 0 Å². The molecule has 0 aromatic heterocycles. The van der Waals surface area contributed by atoms with Crippen LogP contribution >= 0.6 is 0 Å². The molecule has 1 fully saturated rings. The summed E-state index contributed by atoms with van der Waals surface area (Å²) in [6, 6.07) is 27.5. The third-order valence-corrected chi connectivity index (χ3v) is 8.30. The van der Waals surface area contributed by atoms with Gasteiger partial charge in [-0.2, -0.15) is 0 Å². The van der Waals surface area contributed by atoms with Crippen LogP contribution in [0.4, 0.5) is 0 Å². The largest absolute Gasteiger partial charge is 0.427 e.